The van der Waals surface area contributed by atoms with Crippen LogP contribution in [0.15, 0.2) is 21.6 Å². The second kappa shape index (κ2) is 4.75. The van der Waals surface area contributed by atoms with Gasteiger partial charge in [-0.3, -0.25) is 0 Å². The van der Waals surface area contributed by atoms with Crippen LogP contribution in [0, 0.1) is 0 Å². The van der Waals surface area contributed by atoms with Crippen molar-refractivity contribution in [2.75, 3.05) is 14.1 Å². The normalized spacial score (nSPS) is 11.6. The fourth-order valence-electron chi connectivity index (χ4n) is 0.740. The maximum atomic E-state index is 5.77. The summed E-state index contributed by atoms with van der Waals surface area (Å²) in [5.74, 6) is 1.48. The Hall–Kier alpha value is -0.610. The molecule has 0 unspecified atom stereocenters. The third-order valence-electron chi connectivity index (χ3n) is 1.71. The Labute approximate surface area is 96.9 Å². The molecule has 0 saturated carbocycles. The maximum absolute atomic E-state index is 5.77. The molecule has 0 aliphatic carbocycles. The van der Waals surface area contributed by atoms with Crippen LogP contribution in [0.4, 0.5) is 5.82 Å². The lowest BCUT2D eigenvalue weighted by Crippen LogP contribution is -2.17. The van der Waals surface area contributed by atoms with Crippen molar-refractivity contribution in [2.24, 2.45) is 4.99 Å². The molecule has 0 radical (unpaired) electrons. The van der Waals surface area contributed by atoms with Crippen molar-refractivity contribution in [3.63, 3.8) is 0 Å². The third kappa shape index (κ3) is 2.96. The number of aromatic nitrogens is 1. The first-order valence-corrected chi connectivity index (χ1v) is 5.22. The molecule has 76 valence electrons. The molecular weight excluding hydrogens is 265 g/mol. The van der Waals surface area contributed by atoms with Crippen LogP contribution < -0.4 is 0 Å². The van der Waals surface area contributed by atoms with Gasteiger partial charge < -0.3 is 4.90 Å². The minimum absolute atomic E-state index is 0.443. The number of amidine groups is 1. The van der Waals surface area contributed by atoms with Crippen molar-refractivity contribution in [2.45, 2.75) is 6.92 Å². The summed E-state index contributed by atoms with van der Waals surface area (Å²) >= 11 is 9.13. The van der Waals surface area contributed by atoms with Crippen LogP contribution >= 0.6 is 27.5 Å². The van der Waals surface area contributed by atoms with E-state index in [1.807, 2.05) is 32.0 Å². The first-order chi connectivity index (χ1) is 6.50. The smallest absolute Gasteiger partial charge is 0.169 e. The molecular formula is C9H11BrClN3. The Morgan fingerprint density at radius 2 is 2.14 bits per heavy atom. The Bertz CT molecular complexity index is 363. The fourth-order valence-corrected chi connectivity index (χ4v) is 1.19. The van der Waals surface area contributed by atoms with Crippen LogP contribution in [0.5, 0.6) is 0 Å². The molecule has 0 atom stereocenters. The summed E-state index contributed by atoms with van der Waals surface area (Å²) in [6, 6.07) is 3.55. The van der Waals surface area contributed by atoms with E-state index in [9.17, 15) is 0 Å². The van der Waals surface area contributed by atoms with Crippen molar-refractivity contribution >= 4 is 39.2 Å². The highest BCUT2D eigenvalue weighted by Gasteiger charge is 2.02. The molecule has 0 aliphatic heterocycles. The van der Waals surface area contributed by atoms with Crippen LogP contribution in [-0.2, 0) is 0 Å². The lowest BCUT2D eigenvalue weighted by atomic mass is 10.4. The molecule has 0 amide bonds. The lowest BCUT2D eigenvalue weighted by molar-refractivity contribution is 0.618. The average Bonchev–Trinajstić information content (AvgIpc) is 2.11. The summed E-state index contributed by atoms with van der Waals surface area (Å²) in [6.07, 6.45) is 0. The molecule has 0 fully saturated rings. The third-order valence-corrected chi connectivity index (χ3v) is 2.54. The van der Waals surface area contributed by atoms with E-state index in [2.05, 4.69) is 25.9 Å². The predicted molar refractivity (Wildman–Crippen MR) is 63.4 cm³/mol. The number of hydrogen-bond acceptors (Lipinski definition) is 2. The molecule has 1 aromatic rings. The van der Waals surface area contributed by atoms with Crippen molar-refractivity contribution in [3.05, 3.63) is 21.8 Å². The number of halogens is 2. The quantitative estimate of drug-likeness (QED) is 0.448. The Morgan fingerprint density at radius 3 is 2.71 bits per heavy atom. The highest BCUT2D eigenvalue weighted by Crippen LogP contribution is 2.24. The van der Waals surface area contributed by atoms with E-state index in [1.165, 1.54) is 0 Å². The second-order valence-corrected chi connectivity index (χ2v) is 4.23. The van der Waals surface area contributed by atoms with Gasteiger partial charge in [0.2, 0.25) is 0 Å². The van der Waals surface area contributed by atoms with Crippen LogP contribution in [0.1, 0.15) is 6.92 Å². The van der Waals surface area contributed by atoms with Gasteiger partial charge in [-0.05, 0) is 35.0 Å². The number of rotatable bonds is 1. The SMILES string of the molecule is C/C(=N\c1nc(Cl)ccc1Br)N(C)C. The van der Waals surface area contributed by atoms with Crippen molar-refractivity contribution in [3.8, 4) is 0 Å². The average molecular weight is 277 g/mol. The summed E-state index contributed by atoms with van der Waals surface area (Å²) in [4.78, 5) is 10.3. The predicted octanol–water partition coefficient (Wildman–Crippen LogP) is 3.11. The van der Waals surface area contributed by atoms with Gasteiger partial charge >= 0.3 is 0 Å². The van der Waals surface area contributed by atoms with Gasteiger partial charge in [-0.2, -0.15) is 0 Å². The van der Waals surface area contributed by atoms with Gasteiger partial charge in [0.25, 0.3) is 0 Å². The number of hydrogen-bond donors (Lipinski definition) is 0. The zero-order valence-electron chi connectivity index (χ0n) is 8.25. The summed E-state index contributed by atoms with van der Waals surface area (Å²) in [5.41, 5.74) is 0. The number of pyridine rings is 1. The summed E-state index contributed by atoms with van der Waals surface area (Å²) < 4.78 is 0.836. The maximum Gasteiger partial charge on any atom is 0.169 e. The number of nitrogens with zero attached hydrogens (tertiary/aromatic N) is 3. The number of aliphatic imine (C=N–C) groups is 1. The molecule has 0 saturated heterocycles. The molecule has 0 aromatic carbocycles. The highest BCUT2D eigenvalue weighted by molar-refractivity contribution is 9.10. The second-order valence-electron chi connectivity index (χ2n) is 2.99. The minimum atomic E-state index is 0.443. The van der Waals surface area contributed by atoms with Gasteiger partial charge in [-0.1, -0.05) is 11.6 Å². The molecule has 0 spiro atoms. The molecule has 0 aliphatic rings. The summed E-state index contributed by atoms with van der Waals surface area (Å²) in [6.45, 7) is 1.91. The van der Waals surface area contributed by atoms with Crippen LogP contribution in [0.25, 0.3) is 0 Å². The van der Waals surface area contributed by atoms with Crippen molar-refractivity contribution in [1.29, 1.82) is 0 Å². The molecule has 1 aromatic heterocycles. The fraction of sp³-hybridized carbons (Fsp3) is 0.333. The van der Waals surface area contributed by atoms with Gasteiger partial charge in [-0.15, -0.1) is 0 Å². The summed E-state index contributed by atoms with van der Waals surface area (Å²) in [7, 11) is 3.86. The van der Waals surface area contributed by atoms with E-state index in [-0.39, 0.29) is 0 Å². The van der Waals surface area contributed by atoms with Gasteiger partial charge in [0.15, 0.2) is 5.82 Å². The molecule has 1 heterocycles. The zero-order valence-corrected chi connectivity index (χ0v) is 10.6. The first-order valence-electron chi connectivity index (χ1n) is 4.05. The van der Waals surface area contributed by atoms with E-state index < -0.39 is 0 Å². The Morgan fingerprint density at radius 1 is 1.50 bits per heavy atom. The summed E-state index contributed by atoms with van der Waals surface area (Å²) in [5, 5.41) is 0.443. The van der Waals surface area contributed by atoms with Gasteiger partial charge in [0.1, 0.15) is 11.0 Å². The Balaban J connectivity index is 3.07. The topological polar surface area (TPSA) is 28.5 Å². The van der Waals surface area contributed by atoms with Crippen molar-refractivity contribution in [1.82, 2.24) is 9.88 Å². The first kappa shape index (κ1) is 11.5. The van der Waals surface area contributed by atoms with Crippen LogP contribution in [0.2, 0.25) is 5.15 Å². The van der Waals surface area contributed by atoms with E-state index in [0.29, 0.717) is 11.0 Å². The highest BCUT2D eigenvalue weighted by atomic mass is 79.9. The minimum Gasteiger partial charge on any atom is -0.366 e. The van der Waals surface area contributed by atoms with E-state index >= 15 is 0 Å². The van der Waals surface area contributed by atoms with Gasteiger partial charge in [-0.25, -0.2) is 9.98 Å². The zero-order chi connectivity index (χ0) is 10.7. The molecule has 3 nitrogen and oxygen atoms in total. The largest absolute Gasteiger partial charge is 0.366 e. The lowest BCUT2D eigenvalue weighted by Gasteiger charge is -2.10. The van der Waals surface area contributed by atoms with Gasteiger partial charge in [0.05, 0.1) is 4.47 Å². The Kier molecular flexibility index (Phi) is 3.89. The standard InChI is InChI=1S/C9H11BrClN3/c1-6(14(2)3)12-9-7(10)4-5-8(11)13-9/h4-5H,1-3H3/b12-6+. The molecule has 0 N–H and O–H groups in total. The van der Waals surface area contributed by atoms with E-state index in [0.717, 1.165) is 10.3 Å². The molecule has 1 rings (SSSR count). The van der Waals surface area contributed by atoms with Gasteiger partial charge in [0, 0.05) is 14.1 Å². The van der Waals surface area contributed by atoms with Crippen molar-refractivity contribution < 1.29 is 0 Å². The monoisotopic (exact) mass is 275 g/mol. The van der Waals surface area contributed by atoms with E-state index in [4.69, 9.17) is 11.6 Å². The van der Waals surface area contributed by atoms with Crippen LogP contribution in [0.3, 0.4) is 0 Å². The molecule has 5 heteroatoms. The molecule has 0 bridgehead atoms. The van der Waals surface area contributed by atoms with E-state index in [1.54, 1.807) is 6.07 Å². The van der Waals surface area contributed by atoms with Crippen LogP contribution in [-0.4, -0.2) is 29.8 Å². The molecule has 14 heavy (non-hydrogen) atoms.